The first-order valence-electron chi connectivity index (χ1n) is 6.48. The smallest absolute Gasteiger partial charge is 0.251 e. The molecule has 0 spiro atoms. The van der Waals surface area contributed by atoms with Crippen LogP contribution in [0, 0.1) is 0 Å². The number of hydrogen-bond acceptors (Lipinski definition) is 4. The van der Waals surface area contributed by atoms with E-state index in [0.717, 1.165) is 0 Å². The maximum absolute atomic E-state index is 11.9. The molecule has 0 unspecified atom stereocenters. The van der Waals surface area contributed by atoms with Gasteiger partial charge in [0.15, 0.2) is 11.5 Å². The minimum Gasteiger partial charge on any atom is -0.493 e. The van der Waals surface area contributed by atoms with Crippen molar-refractivity contribution in [1.82, 2.24) is 10.6 Å². The molecule has 0 atom stereocenters. The molecule has 1 aromatic carbocycles. The van der Waals surface area contributed by atoms with Gasteiger partial charge in [0.05, 0.1) is 20.3 Å². The normalized spacial score (nSPS) is 9.75. The van der Waals surface area contributed by atoms with E-state index in [1.54, 1.807) is 18.2 Å². The lowest BCUT2D eigenvalue weighted by molar-refractivity contribution is -0.120. The third kappa shape index (κ3) is 4.46. The summed E-state index contributed by atoms with van der Waals surface area (Å²) in [7, 11) is 1.51. The summed E-state index contributed by atoms with van der Waals surface area (Å²) in [6, 6.07) is 4.88. The largest absolute Gasteiger partial charge is 0.493 e. The van der Waals surface area contributed by atoms with Gasteiger partial charge in [0.25, 0.3) is 5.91 Å². The molecule has 20 heavy (non-hydrogen) atoms. The molecule has 0 aliphatic carbocycles. The molecule has 1 rings (SSSR count). The number of carbonyl (C=O) groups is 2. The Balaban J connectivity index is 2.71. The molecule has 0 fully saturated rings. The monoisotopic (exact) mass is 280 g/mol. The highest BCUT2D eigenvalue weighted by atomic mass is 16.5. The standard InChI is InChI=1S/C14H20N2O4/c1-4-15-13(17)9-16-14(18)10-6-7-11(20-5-2)12(8-10)19-3/h6-8H,4-5,9H2,1-3H3,(H,15,17)(H,16,18). The first-order chi connectivity index (χ1) is 9.62. The fraction of sp³-hybridized carbons (Fsp3) is 0.429. The fourth-order valence-corrected chi connectivity index (χ4v) is 1.61. The van der Waals surface area contributed by atoms with Crippen molar-refractivity contribution >= 4 is 11.8 Å². The first-order valence-corrected chi connectivity index (χ1v) is 6.48. The minimum absolute atomic E-state index is 0.0534. The molecule has 0 radical (unpaired) electrons. The molecule has 2 amide bonds. The van der Waals surface area contributed by atoms with Crippen molar-refractivity contribution in [3.63, 3.8) is 0 Å². The maximum Gasteiger partial charge on any atom is 0.251 e. The molecule has 0 saturated carbocycles. The van der Waals surface area contributed by atoms with Gasteiger partial charge in [-0.25, -0.2) is 0 Å². The molecule has 0 heterocycles. The van der Waals surface area contributed by atoms with Crippen LogP contribution in [0.4, 0.5) is 0 Å². The summed E-state index contributed by atoms with van der Waals surface area (Å²) in [5, 5.41) is 5.14. The summed E-state index contributed by atoms with van der Waals surface area (Å²) < 4.78 is 10.5. The molecule has 2 N–H and O–H groups in total. The zero-order valence-electron chi connectivity index (χ0n) is 12.0. The summed E-state index contributed by atoms with van der Waals surface area (Å²) in [6.07, 6.45) is 0. The van der Waals surface area contributed by atoms with Gasteiger partial charge in [-0.15, -0.1) is 0 Å². The van der Waals surface area contributed by atoms with Gasteiger partial charge < -0.3 is 20.1 Å². The molecule has 6 nitrogen and oxygen atoms in total. The average molecular weight is 280 g/mol. The summed E-state index contributed by atoms with van der Waals surface area (Å²) in [5.41, 5.74) is 0.412. The number of benzene rings is 1. The Hall–Kier alpha value is -2.24. The number of likely N-dealkylation sites (N-methyl/N-ethyl adjacent to an activating group) is 1. The van der Waals surface area contributed by atoms with Crippen LogP contribution in [-0.2, 0) is 4.79 Å². The lowest BCUT2D eigenvalue weighted by atomic mass is 10.2. The van der Waals surface area contributed by atoms with Crippen molar-refractivity contribution in [2.75, 3.05) is 26.8 Å². The molecule has 6 heteroatoms. The van der Waals surface area contributed by atoms with Crippen LogP contribution < -0.4 is 20.1 Å². The highest BCUT2D eigenvalue weighted by molar-refractivity contribution is 5.97. The van der Waals surface area contributed by atoms with Gasteiger partial charge in [-0.2, -0.15) is 0 Å². The third-order valence-corrected chi connectivity index (χ3v) is 2.51. The van der Waals surface area contributed by atoms with E-state index in [9.17, 15) is 9.59 Å². The van der Waals surface area contributed by atoms with Crippen LogP contribution in [0.25, 0.3) is 0 Å². The number of hydrogen-bond donors (Lipinski definition) is 2. The zero-order valence-corrected chi connectivity index (χ0v) is 12.0. The Morgan fingerprint density at radius 3 is 2.50 bits per heavy atom. The summed E-state index contributed by atoms with van der Waals surface area (Å²) in [6.45, 7) is 4.68. The minimum atomic E-state index is -0.336. The first kappa shape index (κ1) is 15.8. The molecule has 0 saturated heterocycles. The van der Waals surface area contributed by atoms with Crippen molar-refractivity contribution in [2.24, 2.45) is 0 Å². The van der Waals surface area contributed by atoms with E-state index in [4.69, 9.17) is 9.47 Å². The summed E-state index contributed by atoms with van der Waals surface area (Å²) in [5.74, 6) is 0.504. The maximum atomic E-state index is 11.9. The molecular weight excluding hydrogens is 260 g/mol. The van der Waals surface area contributed by atoms with Crippen LogP contribution in [0.3, 0.4) is 0 Å². The molecule has 0 aliphatic heterocycles. The number of rotatable bonds is 7. The van der Waals surface area contributed by atoms with E-state index in [0.29, 0.717) is 30.2 Å². The average Bonchev–Trinajstić information content (AvgIpc) is 2.45. The molecule has 0 aliphatic rings. The second-order valence-corrected chi connectivity index (χ2v) is 3.93. The number of ether oxygens (including phenoxy) is 2. The number of carbonyl (C=O) groups excluding carboxylic acids is 2. The second-order valence-electron chi connectivity index (χ2n) is 3.93. The third-order valence-electron chi connectivity index (χ3n) is 2.51. The van der Waals surface area contributed by atoms with Gasteiger partial charge in [0, 0.05) is 12.1 Å². The number of nitrogens with one attached hydrogen (secondary N) is 2. The topological polar surface area (TPSA) is 76.7 Å². The Kier molecular flexibility index (Phi) is 6.36. The Morgan fingerprint density at radius 1 is 1.15 bits per heavy atom. The quantitative estimate of drug-likeness (QED) is 0.780. The lowest BCUT2D eigenvalue weighted by Gasteiger charge is -2.11. The van der Waals surface area contributed by atoms with Gasteiger partial charge in [0.1, 0.15) is 0 Å². The van der Waals surface area contributed by atoms with E-state index in [-0.39, 0.29) is 18.4 Å². The van der Waals surface area contributed by atoms with Gasteiger partial charge in [0.2, 0.25) is 5.91 Å². The van der Waals surface area contributed by atoms with Crippen LogP contribution in [0.1, 0.15) is 24.2 Å². The van der Waals surface area contributed by atoms with E-state index in [1.807, 2.05) is 13.8 Å². The SMILES string of the molecule is CCNC(=O)CNC(=O)c1ccc(OCC)c(OC)c1. The lowest BCUT2D eigenvalue weighted by Crippen LogP contribution is -2.36. The highest BCUT2D eigenvalue weighted by Crippen LogP contribution is 2.27. The van der Waals surface area contributed by atoms with Crippen molar-refractivity contribution in [1.29, 1.82) is 0 Å². The van der Waals surface area contributed by atoms with E-state index in [1.165, 1.54) is 7.11 Å². The van der Waals surface area contributed by atoms with Crippen LogP contribution >= 0.6 is 0 Å². The van der Waals surface area contributed by atoms with Crippen LogP contribution in [0.15, 0.2) is 18.2 Å². The molecule has 0 aromatic heterocycles. The van der Waals surface area contributed by atoms with Crippen LogP contribution in [-0.4, -0.2) is 38.6 Å². The highest BCUT2D eigenvalue weighted by Gasteiger charge is 2.11. The Morgan fingerprint density at radius 2 is 1.90 bits per heavy atom. The van der Waals surface area contributed by atoms with Crippen LogP contribution in [0.5, 0.6) is 11.5 Å². The van der Waals surface area contributed by atoms with Crippen LogP contribution in [0.2, 0.25) is 0 Å². The summed E-state index contributed by atoms with van der Waals surface area (Å²) >= 11 is 0. The zero-order chi connectivity index (χ0) is 15.0. The molecule has 0 bridgehead atoms. The second kappa shape index (κ2) is 8.04. The molecule has 110 valence electrons. The molecular formula is C14H20N2O4. The number of methoxy groups -OCH3 is 1. The van der Waals surface area contributed by atoms with Gasteiger partial charge in [-0.3, -0.25) is 9.59 Å². The van der Waals surface area contributed by atoms with Crippen molar-refractivity contribution in [3.05, 3.63) is 23.8 Å². The fourth-order valence-electron chi connectivity index (χ4n) is 1.61. The Bertz CT molecular complexity index is 474. The molecule has 1 aromatic rings. The predicted octanol–water partition coefficient (Wildman–Crippen LogP) is 0.960. The Labute approximate surface area is 118 Å². The van der Waals surface area contributed by atoms with Crippen molar-refractivity contribution < 1.29 is 19.1 Å². The van der Waals surface area contributed by atoms with E-state index < -0.39 is 0 Å². The van der Waals surface area contributed by atoms with Gasteiger partial charge in [-0.05, 0) is 32.0 Å². The van der Waals surface area contributed by atoms with E-state index >= 15 is 0 Å². The number of amides is 2. The summed E-state index contributed by atoms with van der Waals surface area (Å²) in [4.78, 5) is 23.2. The van der Waals surface area contributed by atoms with Crippen molar-refractivity contribution in [2.45, 2.75) is 13.8 Å². The van der Waals surface area contributed by atoms with E-state index in [2.05, 4.69) is 10.6 Å². The van der Waals surface area contributed by atoms with Crippen molar-refractivity contribution in [3.8, 4) is 11.5 Å². The van der Waals surface area contributed by atoms with Gasteiger partial charge in [-0.1, -0.05) is 0 Å². The van der Waals surface area contributed by atoms with Gasteiger partial charge >= 0.3 is 0 Å². The predicted molar refractivity (Wildman–Crippen MR) is 75.2 cm³/mol.